The van der Waals surface area contributed by atoms with Crippen molar-refractivity contribution in [3.05, 3.63) is 223 Å². The van der Waals surface area contributed by atoms with E-state index in [9.17, 15) is 0 Å². The second kappa shape index (κ2) is 13.9. The monoisotopic (exact) mass is 755 g/mol. The molecule has 0 aliphatic heterocycles. The summed E-state index contributed by atoms with van der Waals surface area (Å²) in [6.07, 6.45) is 0. The summed E-state index contributed by atoms with van der Waals surface area (Å²) in [7, 11) is 0. The number of hydrogen-bond acceptors (Lipinski definition) is 2. The second-order valence-electron chi connectivity index (χ2n) is 16.1. The van der Waals surface area contributed by atoms with Gasteiger partial charge in [-0.2, -0.15) is 0 Å². The first kappa shape index (κ1) is 34.8. The Morgan fingerprint density at radius 2 is 0.797 bits per heavy atom. The van der Waals surface area contributed by atoms with E-state index < -0.39 is 0 Å². The van der Waals surface area contributed by atoms with E-state index in [0.717, 1.165) is 33.6 Å². The minimum atomic E-state index is -0.282. The van der Waals surface area contributed by atoms with E-state index in [0.29, 0.717) is 0 Å². The quantitative estimate of drug-likeness (QED) is 0.161. The molecule has 1 heterocycles. The molecule has 1 aromatic heterocycles. The Balaban J connectivity index is 1.04. The first-order chi connectivity index (χ1) is 29.0. The second-order valence-corrected chi connectivity index (χ2v) is 16.1. The van der Waals surface area contributed by atoms with Crippen LogP contribution in [0.25, 0.3) is 77.6 Å². The Kier molecular flexibility index (Phi) is 8.20. The highest BCUT2D eigenvalue weighted by Gasteiger charge is 2.39. The lowest BCUT2D eigenvalue weighted by atomic mass is 9.81. The van der Waals surface area contributed by atoms with Gasteiger partial charge >= 0.3 is 0 Å². The molecule has 10 aromatic rings. The van der Waals surface area contributed by atoms with Crippen molar-refractivity contribution in [2.45, 2.75) is 19.3 Å². The average molecular weight is 756 g/mol. The molecule has 0 saturated heterocycles. The third-order valence-corrected chi connectivity index (χ3v) is 12.3. The number of anilines is 3. The number of fused-ring (bicyclic) bond motifs is 6. The van der Waals surface area contributed by atoms with E-state index in [-0.39, 0.29) is 5.41 Å². The standard InChI is InChI=1S/C57H41NO/c1-57(2)50-36-47(34-35-48(50)55-51(57)37-53-56(49-20-12-13-21-52(49)59-53)54(55)44-18-10-5-11-19-44)58(45-30-26-42(27-31-45)39-16-8-4-9-17-39)46-32-28-43(29-33-46)41-24-22-40(23-25-41)38-14-6-3-7-15-38/h3-37H,1-2H3. The Morgan fingerprint density at radius 1 is 0.356 bits per heavy atom. The van der Waals surface area contributed by atoms with Gasteiger partial charge in [-0.15, -0.1) is 0 Å². The van der Waals surface area contributed by atoms with Gasteiger partial charge in [-0.25, -0.2) is 0 Å². The normalized spacial score (nSPS) is 12.7. The highest BCUT2D eigenvalue weighted by atomic mass is 16.3. The summed E-state index contributed by atoms with van der Waals surface area (Å²) in [6, 6.07) is 76.7. The Bertz CT molecular complexity index is 3130. The maximum atomic E-state index is 6.61. The largest absolute Gasteiger partial charge is 0.456 e. The van der Waals surface area contributed by atoms with Crippen LogP contribution < -0.4 is 4.90 Å². The number of nitrogens with zero attached hydrogens (tertiary/aromatic N) is 1. The first-order valence-electron chi connectivity index (χ1n) is 20.4. The molecular formula is C57H41NO. The van der Waals surface area contributed by atoms with Crippen LogP contribution in [0.3, 0.4) is 0 Å². The third kappa shape index (κ3) is 5.87. The highest BCUT2D eigenvalue weighted by molar-refractivity contribution is 6.17. The zero-order valence-corrected chi connectivity index (χ0v) is 33.1. The fourth-order valence-electron chi connectivity index (χ4n) is 9.27. The van der Waals surface area contributed by atoms with E-state index in [4.69, 9.17) is 4.42 Å². The van der Waals surface area contributed by atoms with E-state index in [1.165, 1.54) is 72.1 Å². The minimum absolute atomic E-state index is 0.282. The van der Waals surface area contributed by atoms with Gasteiger partial charge in [0, 0.05) is 38.8 Å². The molecule has 0 atom stereocenters. The summed E-state index contributed by atoms with van der Waals surface area (Å²) in [5.41, 5.74) is 19.7. The van der Waals surface area contributed by atoms with Gasteiger partial charge < -0.3 is 9.32 Å². The van der Waals surface area contributed by atoms with Crippen molar-refractivity contribution in [1.29, 1.82) is 0 Å². The van der Waals surface area contributed by atoms with Gasteiger partial charge in [0.25, 0.3) is 0 Å². The Labute approximate surface area is 345 Å². The molecule has 11 rings (SSSR count). The molecule has 0 fully saturated rings. The molecule has 0 N–H and O–H groups in total. The lowest BCUT2D eigenvalue weighted by Gasteiger charge is -2.28. The summed E-state index contributed by atoms with van der Waals surface area (Å²) in [5, 5.41) is 2.32. The van der Waals surface area contributed by atoms with Crippen molar-refractivity contribution in [3.8, 4) is 55.6 Å². The molecule has 2 nitrogen and oxygen atoms in total. The van der Waals surface area contributed by atoms with Crippen molar-refractivity contribution in [2.24, 2.45) is 0 Å². The number of para-hydroxylation sites is 1. The van der Waals surface area contributed by atoms with Crippen LogP contribution in [0.4, 0.5) is 17.1 Å². The number of furan rings is 1. The molecule has 0 saturated carbocycles. The molecule has 1 aliphatic rings. The fraction of sp³-hybridized carbons (Fsp3) is 0.0526. The van der Waals surface area contributed by atoms with Crippen molar-refractivity contribution in [1.82, 2.24) is 0 Å². The lowest BCUT2D eigenvalue weighted by Crippen LogP contribution is -2.16. The predicted molar refractivity (Wildman–Crippen MR) is 248 cm³/mol. The van der Waals surface area contributed by atoms with Crippen molar-refractivity contribution in [2.75, 3.05) is 4.90 Å². The van der Waals surface area contributed by atoms with Crippen LogP contribution in [0.2, 0.25) is 0 Å². The van der Waals surface area contributed by atoms with E-state index in [1.807, 2.05) is 0 Å². The molecular weight excluding hydrogens is 715 g/mol. The summed E-state index contributed by atoms with van der Waals surface area (Å²) in [4.78, 5) is 2.40. The molecule has 0 spiro atoms. The Morgan fingerprint density at radius 3 is 1.34 bits per heavy atom. The molecule has 0 unspecified atom stereocenters. The first-order valence-corrected chi connectivity index (χ1v) is 20.4. The van der Waals surface area contributed by atoms with Gasteiger partial charge in [0.1, 0.15) is 11.2 Å². The molecule has 59 heavy (non-hydrogen) atoms. The van der Waals surface area contributed by atoms with Gasteiger partial charge in [0.05, 0.1) is 0 Å². The SMILES string of the molecule is CC1(C)c2cc(N(c3ccc(-c4ccccc4)cc3)c3ccc(-c4ccc(-c5ccccc5)cc4)cc3)ccc2-c2c1cc1oc3ccccc3c1c2-c1ccccc1. The van der Waals surface area contributed by atoms with Gasteiger partial charge in [-0.05, 0) is 110 Å². The lowest BCUT2D eigenvalue weighted by molar-refractivity contribution is 0.647. The van der Waals surface area contributed by atoms with Crippen LogP contribution in [-0.2, 0) is 5.41 Å². The van der Waals surface area contributed by atoms with Crippen LogP contribution in [0.1, 0.15) is 25.0 Å². The van der Waals surface area contributed by atoms with Crippen LogP contribution in [0, 0.1) is 0 Å². The summed E-state index contributed by atoms with van der Waals surface area (Å²) in [5.74, 6) is 0. The van der Waals surface area contributed by atoms with Crippen LogP contribution >= 0.6 is 0 Å². The molecule has 9 aromatic carbocycles. The summed E-state index contributed by atoms with van der Waals surface area (Å²) >= 11 is 0. The molecule has 0 radical (unpaired) electrons. The van der Waals surface area contributed by atoms with Crippen molar-refractivity contribution in [3.63, 3.8) is 0 Å². The summed E-state index contributed by atoms with van der Waals surface area (Å²) in [6.45, 7) is 4.73. The molecule has 0 bridgehead atoms. The van der Waals surface area contributed by atoms with Crippen molar-refractivity contribution >= 4 is 39.0 Å². The molecule has 1 aliphatic carbocycles. The van der Waals surface area contributed by atoms with Crippen LogP contribution in [0.5, 0.6) is 0 Å². The number of benzene rings is 9. The van der Waals surface area contributed by atoms with E-state index in [1.54, 1.807) is 0 Å². The fourth-order valence-corrected chi connectivity index (χ4v) is 9.27. The zero-order chi connectivity index (χ0) is 39.5. The third-order valence-electron chi connectivity index (χ3n) is 12.3. The van der Waals surface area contributed by atoms with Gasteiger partial charge in [-0.3, -0.25) is 0 Å². The van der Waals surface area contributed by atoms with Crippen molar-refractivity contribution < 1.29 is 4.42 Å². The van der Waals surface area contributed by atoms with E-state index in [2.05, 4.69) is 231 Å². The predicted octanol–water partition coefficient (Wildman–Crippen LogP) is 16.0. The summed E-state index contributed by atoms with van der Waals surface area (Å²) < 4.78 is 6.61. The smallest absolute Gasteiger partial charge is 0.136 e. The average Bonchev–Trinajstić information content (AvgIpc) is 3.78. The zero-order valence-electron chi connectivity index (χ0n) is 33.1. The number of rotatable bonds is 7. The minimum Gasteiger partial charge on any atom is -0.456 e. The maximum Gasteiger partial charge on any atom is 0.136 e. The molecule has 2 heteroatoms. The van der Waals surface area contributed by atoms with Gasteiger partial charge in [0.2, 0.25) is 0 Å². The van der Waals surface area contributed by atoms with Crippen LogP contribution in [-0.4, -0.2) is 0 Å². The highest BCUT2D eigenvalue weighted by Crippen LogP contribution is 2.56. The maximum absolute atomic E-state index is 6.61. The molecule has 0 amide bonds. The van der Waals surface area contributed by atoms with Gasteiger partial charge in [0.15, 0.2) is 0 Å². The van der Waals surface area contributed by atoms with Gasteiger partial charge in [-0.1, -0.05) is 178 Å². The Hall–Kier alpha value is -7.42. The molecule has 280 valence electrons. The number of hydrogen-bond donors (Lipinski definition) is 0. The van der Waals surface area contributed by atoms with Crippen LogP contribution in [0.15, 0.2) is 217 Å². The topological polar surface area (TPSA) is 16.4 Å². The van der Waals surface area contributed by atoms with E-state index >= 15 is 0 Å².